The largest absolute Gasteiger partial charge is 0.396 e. The first-order valence-corrected chi connectivity index (χ1v) is 5.12. The Morgan fingerprint density at radius 1 is 0.923 bits per heavy atom. The fourth-order valence-electron chi connectivity index (χ4n) is 0.614. The highest BCUT2D eigenvalue weighted by Gasteiger charge is 1.78. The predicted molar refractivity (Wildman–Crippen MR) is 54.8 cm³/mol. The highest BCUT2D eigenvalue weighted by Crippen LogP contribution is 1.85. The van der Waals surface area contributed by atoms with Gasteiger partial charge in [-0.2, -0.15) is 0 Å². The monoisotopic (exact) mass is 192 g/mol. The zero-order valence-corrected chi connectivity index (χ0v) is 8.96. The molecule has 0 fully saturated rings. The van der Waals surface area contributed by atoms with Crippen LogP contribution in [0, 0.1) is 0 Å². The molecule has 0 rings (SSSR count). The molecule has 0 heterocycles. The molecule has 0 saturated heterocycles. The molecule has 82 valence electrons. The molecule has 0 aliphatic carbocycles. The minimum atomic E-state index is 0.195. The lowest BCUT2D eigenvalue weighted by atomic mass is 10.3. The Morgan fingerprint density at radius 2 is 1.46 bits per heavy atom. The van der Waals surface area contributed by atoms with E-state index in [1.54, 1.807) is 0 Å². The van der Waals surface area contributed by atoms with E-state index < -0.39 is 0 Å². The van der Waals surface area contributed by atoms with Gasteiger partial charge in [0.05, 0.1) is 0 Å². The Bertz CT molecular complexity index is 59.2. The molecule has 0 aliphatic heterocycles. The molecule has 0 aromatic heterocycles. The molecular formula is C10H24O3. The van der Waals surface area contributed by atoms with Gasteiger partial charge in [0.15, 0.2) is 0 Å². The Morgan fingerprint density at radius 3 is 1.77 bits per heavy atom. The molecule has 0 aromatic carbocycles. The maximum atomic E-state index is 8.09. The van der Waals surface area contributed by atoms with Crippen LogP contribution in [0.1, 0.15) is 39.5 Å². The molecule has 0 unspecified atom stereocenters. The van der Waals surface area contributed by atoms with Crippen molar-refractivity contribution in [3.05, 3.63) is 0 Å². The lowest BCUT2D eigenvalue weighted by Crippen LogP contribution is -1.90. The summed E-state index contributed by atoms with van der Waals surface area (Å²) in [4.78, 5) is 0. The second-order valence-electron chi connectivity index (χ2n) is 2.70. The highest BCUT2D eigenvalue weighted by atomic mass is 16.5. The van der Waals surface area contributed by atoms with Crippen molar-refractivity contribution in [3.8, 4) is 0 Å². The first-order chi connectivity index (χ1) is 6.33. The van der Waals surface area contributed by atoms with Crippen LogP contribution in [0.15, 0.2) is 0 Å². The smallest absolute Gasteiger partial charge is 0.0465 e. The van der Waals surface area contributed by atoms with Gasteiger partial charge in [-0.1, -0.05) is 13.3 Å². The van der Waals surface area contributed by atoms with E-state index in [0.29, 0.717) is 0 Å². The fraction of sp³-hybridized carbons (Fsp3) is 1.00. The molecule has 0 atom stereocenters. The van der Waals surface area contributed by atoms with Crippen molar-refractivity contribution in [2.75, 3.05) is 26.4 Å². The highest BCUT2D eigenvalue weighted by molar-refractivity contribution is 4.30. The molecule has 0 spiro atoms. The number of unbranched alkanes of at least 4 members (excludes halogenated alkanes) is 2. The van der Waals surface area contributed by atoms with Crippen LogP contribution >= 0.6 is 0 Å². The zero-order chi connectivity index (χ0) is 10.4. The average molecular weight is 192 g/mol. The third-order valence-electron chi connectivity index (χ3n) is 1.41. The Kier molecular flexibility index (Phi) is 21.1. The van der Waals surface area contributed by atoms with Crippen LogP contribution in [0.25, 0.3) is 0 Å². The van der Waals surface area contributed by atoms with Crippen molar-refractivity contribution in [2.45, 2.75) is 39.5 Å². The maximum absolute atomic E-state index is 8.09. The number of hydrogen-bond acceptors (Lipinski definition) is 3. The minimum Gasteiger partial charge on any atom is -0.396 e. The molecule has 0 aromatic rings. The number of ether oxygens (including phenoxy) is 1. The lowest BCUT2D eigenvalue weighted by molar-refractivity contribution is 0.144. The first kappa shape index (κ1) is 15.4. The van der Waals surface area contributed by atoms with Crippen LogP contribution in [0.2, 0.25) is 0 Å². The van der Waals surface area contributed by atoms with Crippen LogP contribution in [0.5, 0.6) is 0 Å². The van der Waals surface area contributed by atoms with Gasteiger partial charge in [0, 0.05) is 26.4 Å². The summed E-state index contributed by atoms with van der Waals surface area (Å²) in [7, 11) is 0. The van der Waals surface area contributed by atoms with Gasteiger partial charge in [-0.15, -0.1) is 0 Å². The molecule has 0 amide bonds. The Balaban J connectivity index is 0. The normalized spacial score (nSPS) is 9.23. The van der Waals surface area contributed by atoms with Crippen LogP contribution < -0.4 is 0 Å². The number of rotatable bonds is 7. The van der Waals surface area contributed by atoms with Crippen molar-refractivity contribution in [1.29, 1.82) is 0 Å². The van der Waals surface area contributed by atoms with E-state index >= 15 is 0 Å². The summed E-state index contributed by atoms with van der Waals surface area (Å²) in [6, 6.07) is 0. The predicted octanol–water partition coefficient (Wildman–Crippen LogP) is 1.57. The van der Waals surface area contributed by atoms with Gasteiger partial charge in [-0.25, -0.2) is 0 Å². The number of hydrogen-bond donors (Lipinski definition) is 2. The van der Waals surface area contributed by atoms with Crippen molar-refractivity contribution >= 4 is 0 Å². The quantitative estimate of drug-likeness (QED) is 0.602. The minimum absolute atomic E-state index is 0.195. The topological polar surface area (TPSA) is 49.7 Å². The summed E-state index contributed by atoms with van der Waals surface area (Å²) in [5, 5.41) is 16.2. The van der Waals surface area contributed by atoms with Crippen LogP contribution in [0.4, 0.5) is 0 Å². The van der Waals surface area contributed by atoms with Gasteiger partial charge in [0.2, 0.25) is 0 Å². The Hall–Kier alpha value is -0.120. The van der Waals surface area contributed by atoms with Gasteiger partial charge in [0.25, 0.3) is 0 Å². The second kappa shape index (κ2) is 17.8. The standard InChI is InChI=1S/C6H14O.C4H10O2/c1-3-5-6-7-4-2;5-3-1-2-4-6/h3-6H2,1-2H3;5-6H,1-4H2. The first-order valence-electron chi connectivity index (χ1n) is 5.12. The molecule has 13 heavy (non-hydrogen) atoms. The van der Waals surface area contributed by atoms with Crippen molar-refractivity contribution in [2.24, 2.45) is 0 Å². The summed E-state index contributed by atoms with van der Waals surface area (Å²) in [5.74, 6) is 0. The zero-order valence-electron chi connectivity index (χ0n) is 8.96. The van der Waals surface area contributed by atoms with E-state index in [4.69, 9.17) is 14.9 Å². The van der Waals surface area contributed by atoms with E-state index in [-0.39, 0.29) is 13.2 Å². The molecule has 0 radical (unpaired) electrons. The van der Waals surface area contributed by atoms with E-state index in [9.17, 15) is 0 Å². The van der Waals surface area contributed by atoms with Crippen molar-refractivity contribution in [1.82, 2.24) is 0 Å². The summed E-state index contributed by atoms with van der Waals surface area (Å²) in [5.41, 5.74) is 0. The second-order valence-corrected chi connectivity index (χ2v) is 2.70. The molecule has 0 saturated carbocycles. The fourth-order valence-corrected chi connectivity index (χ4v) is 0.614. The van der Waals surface area contributed by atoms with Gasteiger partial charge in [-0.05, 0) is 26.2 Å². The van der Waals surface area contributed by atoms with E-state index in [2.05, 4.69) is 6.92 Å². The third kappa shape index (κ3) is 24.5. The molecule has 3 heteroatoms. The van der Waals surface area contributed by atoms with E-state index in [1.807, 2.05) is 6.92 Å². The third-order valence-corrected chi connectivity index (χ3v) is 1.41. The maximum Gasteiger partial charge on any atom is 0.0465 e. The molecule has 0 aliphatic rings. The summed E-state index contributed by atoms with van der Waals surface area (Å²) in [6.45, 7) is 6.38. The van der Waals surface area contributed by atoms with Gasteiger partial charge in [-0.3, -0.25) is 0 Å². The van der Waals surface area contributed by atoms with Crippen LogP contribution in [0.3, 0.4) is 0 Å². The molecule has 2 N–H and O–H groups in total. The number of aliphatic hydroxyl groups is 2. The summed E-state index contributed by atoms with van der Waals surface area (Å²) >= 11 is 0. The Labute approximate surface area is 81.7 Å². The lowest BCUT2D eigenvalue weighted by Gasteiger charge is -1.94. The van der Waals surface area contributed by atoms with E-state index in [0.717, 1.165) is 26.1 Å². The SMILES string of the molecule is CCCCOCC.OCCCCO. The van der Waals surface area contributed by atoms with Crippen molar-refractivity contribution < 1.29 is 14.9 Å². The molecule has 0 bridgehead atoms. The number of aliphatic hydroxyl groups excluding tert-OH is 2. The van der Waals surface area contributed by atoms with Crippen LogP contribution in [-0.4, -0.2) is 36.6 Å². The van der Waals surface area contributed by atoms with Gasteiger partial charge < -0.3 is 14.9 Å². The summed E-state index contributed by atoms with van der Waals surface area (Å²) < 4.78 is 5.07. The summed E-state index contributed by atoms with van der Waals surface area (Å²) in [6.07, 6.45) is 3.88. The van der Waals surface area contributed by atoms with Crippen molar-refractivity contribution in [3.63, 3.8) is 0 Å². The van der Waals surface area contributed by atoms with Gasteiger partial charge >= 0.3 is 0 Å². The molecular weight excluding hydrogens is 168 g/mol. The molecule has 3 nitrogen and oxygen atoms in total. The van der Waals surface area contributed by atoms with E-state index in [1.165, 1.54) is 12.8 Å². The van der Waals surface area contributed by atoms with Crippen LogP contribution in [-0.2, 0) is 4.74 Å². The average Bonchev–Trinajstić information content (AvgIpc) is 2.17. The van der Waals surface area contributed by atoms with Gasteiger partial charge in [0.1, 0.15) is 0 Å².